The van der Waals surface area contributed by atoms with Crippen molar-refractivity contribution in [2.75, 3.05) is 28.4 Å². The number of benzene rings is 8. The Morgan fingerprint density at radius 1 is 0.333 bits per heavy atom. The molecule has 0 atom stereocenters. The van der Waals surface area contributed by atoms with E-state index in [1.807, 2.05) is 30.3 Å². The Hall–Kier alpha value is -9.69. The molecule has 0 unspecified atom stereocenters. The molecule has 8 aromatic carbocycles. The Morgan fingerprint density at radius 3 is 1.14 bits per heavy atom. The Labute approximate surface area is 413 Å². The van der Waals surface area contributed by atoms with Crippen LogP contribution in [-0.2, 0) is 6.61 Å². The van der Waals surface area contributed by atoms with Gasteiger partial charge in [0.2, 0.25) is 0 Å². The summed E-state index contributed by atoms with van der Waals surface area (Å²) >= 11 is 0. The molecule has 0 aliphatic heterocycles. The molecule has 360 valence electrons. The lowest BCUT2D eigenvalue weighted by molar-refractivity contribution is 0.0717. The van der Waals surface area contributed by atoms with Crippen LogP contribution in [0.25, 0.3) is 11.1 Å². The van der Waals surface area contributed by atoms with E-state index in [4.69, 9.17) is 42.6 Å². The molecule has 0 spiro atoms. The van der Waals surface area contributed by atoms with Crippen LogP contribution in [0.4, 0.5) is 0 Å². The summed E-state index contributed by atoms with van der Waals surface area (Å²) in [6, 6.07) is 49.5. The molecule has 72 heavy (non-hydrogen) atoms. The number of ether oxygens (including phenoxy) is 9. The molecule has 0 amide bonds. The van der Waals surface area contributed by atoms with Crippen molar-refractivity contribution in [3.63, 3.8) is 0 Å². The average Bonchev–Trinajstić information content (AvgIpc) is 3.42. The van der Waals surface area contributed by atoms with Gasteiger partial charge in [0.25, 0.3) is 0 Å². The van der Waals surface area contributed by atoms with Crippen molar-refractivity contribution in [2.24, 2.45) is 0 Å². The standard InChI is InChI=1S/C58H44O14/c1-64-49-32-47(50(65-2)31-46(49)54(59)39-13-9-6-10-14-39)57(62)71-44-27-19-40(20-28-44)55(60)69-42-23-15-37(16-24-42)38-17-25-43(26-18-38)70-56(61)41-21-29-45(30-22-41)72-58(63)48-33-52(67-4)53(34-51(48)66-3)68-35-36-11-7-5-8-12-36/h5-34H,35H2,1-4H3. The van der Waals surface area contributed by atoms with Gasteiger partial charge < -0.3 is 42.6 Å². The Balaban J connectivity index is 0.823. The van der Waals surface area contributed by atoms with Gasteiger partial charge in [-0.1, -0.05) is 84.9 Å². The number of carbonyl (C=O) groups is 5. The molecule has 8 rings (SSSR count). The number of methoxy groups -OCH3 is 4. The van der Waals surface area contributed by atoms with Crippen LogP contribution in [0.1, 0.15) is 62.9 Å². The molecule has 0 bridgehead atoms. The zero-order valence-corrected chi connectivity index (χ0v) is 39.2. The minimum absolute atomic E-state index is 0.0294. The van der Waals surface area contributed by atoms with Crippen molar-refractivity contribution >= 4 is 29.7 Å². The predicted molar refractivity (Wildman–Crippen MR) is 264 cm³/mol. The molecule has 0 aliphatic rings. The van der Waals surface area contributed by atoms with Gasteiger partial charge in [0.05, 0.1) is 45.1 Å². The van der Waals surface area contributed by atoms with Crippen molar-refractivity contribution in [1.29, 1.82) is 0 Å². The molecule has 0 saturated heterocycles. The van der Waals surface area contributed by atoms with Crippen LogP contribution in [-0.4, -0.2) is 58.1 Å². The smallest absolute Gasteiger partial charge is 0.347 e. The van der Waals surface area contributed by atoms with Crippen LogP contribution in [0, 0.1) is 0 Å². The second kappa shape index (κ2) is 22.6. The molecule has 0 heterocycles. The maximum absolute atomic E-state index is 13.3. The molecule has 0 saturated carbocycles. The van der Waals surface area contributed by atoms with Crippen LogP contribution in [0.3, 0.4) is 0 Å². The SMILES string of the molecule is COc1cc(C(=O)Oc2ccc(C(=O)Oc3ccc(-c4ccc(OC(=O)c5ccc(OC(=O)c6cc(OC)c(C(=O)c7ccccc7)cc6OC)cc5)cc4)cc3)cc2)c(OC)cc1OCc1ccccc1. The maximum atomic E-state index is 13.3. The van der Waals surface area contributed by atoms with E-state index in [-0.39, 0.29) is 69.0 Å². The van der Waals surface area contributed by atoms with Crippen molar-refractivity contribution in [3.8, 4) is 62.9 Å². The number of ketones is 1. The zero-order valence-electron chi connectivity index (χ0n) is 39.2. The number of hydrogen-bond acceptors (Lipinski definition) is 14. The minimum atomic E-state index is -0.770. The quantitative estimate of drug-likeness (QED) is 0.0452. The zero-order chi connectivity index (χ0) is 50.6. The van der Waals surface area contributed by atoms with Crippen LogP contribution >= 0.6 is 0 Å². The number of rotatable bonds is 18. The molecular weight excluding hydrogens is 921 g/mol. The third-order valence-corrected chi connectivity index (χ3v) is 11.0. The van der Waals surface area contributed by atoms with Gasteiger partial charge in [-0.3, -0.25) is 4.79 Å². The van der Waals surface area contributed by atoms with E-state index in [0.717, 1.165) is 16.7 Å². The normalized spacial score (nSPS) is 10.6. The monoisotopic (exact) mass is 964 g/mol. The Kier molecular flexibility index (Phi) is 15.3. The highest BCUT2D eigenvalue weighted by molar-refractivity contribution is 6.12. The van der Waals surface area contributed by atoms with Crippen LogP contribution < -0.4 is 42.6 Å². The van der Waals surface area contributed by atoms with E-state index in [0.29, 0.717) is 28.6 Å². The summed E-state index contributed by atoms with van der Waals surface area (Å²) in [5.74, 6) is -0.913. The van der Waals surface area contributed by atoms with Crippen molar-refractivity contribution in [2.45, 2.75) is 6.61 Å². The van der Waals surface area contributed by atoms with Gasteiger partial charge in [0.1, 0.15) is 58.0 Å². The number of carbonyl (C=O) groups excluding carboxylic acids is 5. The van der Waals surface area contributed by atoms with Gasteiger partial charge in [-0.25, -0.2) is 19.2 Å². The summed E-state index contributed by atoms with van der Waals surface area (Å²) in [5, 5.41) is 0. The van der Waals surface area contributed by atoms with E-state index >= 15 is 0 Å². The second-order valence-corrected chi connectivity index (χ2v) is 15.6. The lowest BCUT2D eigenvalue weighted by atomic mass is 10.00. The third-order valence-electron chi connectivity index (χ3n) is 11.0. The lowest BCUT2D eigenvalue weighted by Gasteiger charge is -2.15. The van der Waals surface area contributed by atoms with E-state index in [1.165, 1.54) is 95.2 Å². The summed E-state index contributed by atoms with van der Waals surface area (Å²) in [7, 11) is 5.66. The van der Waals surface area contributed by atoms with E-state index in [9.17, 15) is 24.0 Å². The fraction of sp³-hybridized carbons (Fsp3) is 0.0862. The maximum Gasteiger partial charge on any atom is 0.347 e. The van der Waals surface area contributed by atoms with E-state index in [2.05, 4.69) is 0 Å². The molecule has 0 N–H and O–H groups in total. The first-order valence-electron chi connectivity index (χ1n) is 22.1. The van der Waals surface area contributed by atoms with Gasteiger partial charge in [0, 0.05) is 17.7 Å². The molecular formula is C58H44O14. The molecule has 14 heteroatoms. The van der Waals surface area contributed by atoms with Gasteiger partial charge in [-0.05, 0) is 102 Å². The molecule has 0 aliphatic carbocycles. The summed E-state index contributed by atoms with van der Waals surface area (Å²) in [6.07, 6.45) is 0. The molecule has 8 aromatic rings. The van der Waals surface area contributed by atoms with Gasteiger partial charge >= 0.3 is 23.9 Å². The Morgan fingerprint density at radius 2 is 0.694 bits per heavy atom. The first-order valence-corrected chi connectivity index (χ1v) is 22.1. The number of hydrogen-bond donors (Lipinski definition) is 0. The van der Waals surface area contributed by atoms with Gasteiger partial charge in [-0.2, -0.15) is 0 Å². The highest BCUT2D eigenvalue weighted by Gasteiger charge is 2.24. The minimum Gasteiger partial charge on any atom is -0.496 e. The van der Waals surface area contributed by atoms with Crippen molar-refractivity contribution < 1.29 is 66.6 Å². The van der Waals surface area contributed by atoms with Crippen LogP contribution in [0.5, 0.6) is 51.7 Å². The fourth-order valence-corrected chi connectivity index (χ4v) is 7.26. The topological polar surface area (TPSA) is 168 Å². The first kappa shape index (κ1) is 48.8. The average molecular weight is 965 g/mol. The van der Waals surface area contributed by atoms with Crippen molar-refractivity contribution in [3.05, 3.63) is 221 Å². The van der Waals surface area contributed by atoms with E-state index < -0.39 is 23.9 Å². The number of esters is 4. The highest BCUT2D eigenvalue weighted by atomic mass is 16.6. The van der Waals surface area contributed by atoms with Gasteiger partial charge in [0.15, 0.2) is 17.3 Å². The van der Waals surface area contributed by atoms with Crippen molar-refractivity contribution in [1.82, 2.24) is 0 Å². The molecule has 14 nitrogen and oxygen atoms in total. The van der Waals surface area contributed by atoms with Crippen LogP contribution in [0.15, 0.2) is 182 Å². The highest BCUT2D eigenvalue weighted by Crippen LogP contribution is 2.37. The molecule has 0 radical (unpaired) electrons. The molecule has 0 fully saturated rings. The largest absolute Gasteiger partial charge is 0.496 e. The first-order chi connectivity index (χ1) is 35.0. The lowest BCUT2D eigenvalue weighted by Crippen LogP contribution is -2.13. The summed E-state index contributed by atoms with van der Waals surface area (Å²) < 4.78 is 50.2. The predicted octanol–water partition coefficient (Wildman–Crippen LogP) is 11.1. The third kappa shape index (κ3) is 11.6. The summed E-state index contributed by atoms with van der Waals surface area (Å²) in [5.41, 5.74) is 3.79. The van der Waals surface area contributed by atoms with Gasteiger partial charge in [-0.15, -0.1) is 0 Å². The van der Waals surface area contributed by atoms with Crippen LogP contribution in [0.2, 0.25) is 0 Å². The Bertz CT molecular complexity index is 3220. The van der Waals surface area contributed by atoms with E-state index in [1.54, 1.807) is 84.9 Å². The molecule has 0 aromatic heterocycles. The summed E-state index contributed by atoms with van der Waals surface area (Å²) in [4.78, 5) is 65.8. The second-order valence-electron chi connectivity index (χ2n) is 15.6. The summed E-state index contributed by atoms with van der Waals surface area (Å²) in [6.45, 7) is 0.281. The fourth-order valence-electron chi connectivity index (χ4n) is 7.26.